The molecule has 0 spiro atoms. The van der Waals surface area contributed by atoms with E-state index in [0.29, 0.717) is 12.7 Å². The summed E-state index contributed by atoms with van der Waals surface area (Å²) in [5.41, 5.74) is 2.33. The summed E-state index contributed by atoms with van der Waals surface area (Å²) in [6, 6.07) is 8.43. The molecule has 4 nitrogen and oxygen atoms in total. The van der Waals surface area contributed by atoms with Crippen molar-refractivity contribution in [2.45, 2.75) is 31.8 Å². The average Bonchev–Trinajstić information content (AvgIpc) is 3.33. The number of hydrogen-bond donors (Lipinski definition) is 1. The highest BCUT2D eigenvalue weighted by Gasteiger charge is 2.27. The molecule has 3 atom stereocenters. The molecule has 1 N–H and O–H groups in total. The second-order valence-electron chi connectivity index (χ2n) is 6.01. The average molecular weight is 289 g/mol. The van der Waals surface area contributed by atoms with Crippen LogP contribution in [0.1, 0.15) is 31.2 Å². The second kappa shape index (κ2) is 6.58. The lowest BCUT2D eigenvalue weighted by atomic mass is 9.82. The van der Waals surface area contributed by atoms with Crippen LogP contribution in [0.25, 0.3) is 0 Å². The van der Waals surface area contributed by atoms with Gasteiger partial charge in [0.2, 0.25) is 0 Å². The van der Waals surface area contributed by atoms with Gasteiger partial charge in [0.25, 0.3) is 0 Å². The highest BCUT2D eigenvalue weighted by atomic mass is 16.6. The second-order valence-corrected chi connectivity index (χ2v) is 6.01. The van der Waals surface area contributed by atoms with E-state index in [0.717, 1.165) is 31.7 Å². The van der Waals surface area contributed by atoms with Crippen LogP contribution in [0, 0.1) is 5.92 Å². The maximum absolute atomic E-state index is 12.1. The Labute approximate surface area is 125 Å². The van der Waals surface area contributed by atoms with Crippen molar-refractivity contribution in [1.29, 1.82) is 0 Å². The molecule has 0 saturated carbocycles. The van der Waals surface area contributed by atoms with Crippen LogP contribution in [0.3, 0.4) is 0 Å². The van der Waals surface area contributed by atoms with Gasteiger partial charge in [-0.15, -0.1) is 0 Å². The third kappa shape index (κ3) is 3.83. The molecule has 4 heteroatoms. The van der Waals surface area contributed by atoms with Crippen molar-refractivity contribution in [3.05, 3.63) is 29.8 Å². The smallest absolute Gasteiger partial charge is 0.162 e. The van der Waals surface area contributed by atoms with E-state index in [1.165, 1.54) is 5.56 Å². The minimum absolute atomic E-state index is 0.0890. The van der Waals surface area contributed by atoms with Crippen molar-refractivity contribution >= 4 is 11.5 Å². The summed E-state index contributed by atoms with van der Waals surface area (Å²) >= 11 is 0. The molecule has 2 aliphatic rings. The molecule has 2 aliphatic heterocycles. The Morgan fingerprint density at radius 1 is 1.33 bits per heavy atom. The first-order chi connectivity index (χ1) is 10.2. The zero-order valence-electron chi connectivity index (χ0n) is 12.5. The first-order valence-corrected chi connectivity index (χ1v) is 7.80. The lowest BCUT2D eigenvalue weighted by molar-refractivity contribution is -0.126. The molecule has 21 heavy (non-hydrogen) atoms. The molecule has 0 radical (unpaired) electrons. The topological polar surface area (TPSA) is 50.9 Å². The molecule has 0 amide bonds. The summed E-state index contributed by atoms with van der Waals surface area (Å²) in [7, 11) is 0. The largest absolute Gasteiger partial charge is 0.382 e. The number of benzene rings is 1. The van der Waals surface area contributed by atoms with Gasteiger partial charge in [-0.3, -0.25) is 4.79 Å². The van der Waals surface area contributed by atoms with Crippen molar-refractivity contribution in [2.75, 3.05) is 31.7 Å². The fraction of sp³-hybridized carbons (Fsp3) is 0.588. The predicted octanol–water partition coefficient (Wildman–Crippen LogP) is 2.60. The fourth-order valence-corrected chi connectivity index (χ4v) is 2.93. The molecule has 1 aromatic rings. The van der Waals surface area contributed by atoms with Crippen molar-refractivity contribution in [2.24, 2.45) is 5.92 Å². The molecular formula is C17H23NO3. The van der Waals surface area contributed by atoms with Crippen LogP contribution >= 0.6 is 0 Å². The van der Waals surface area contributed by atoms with Crippen LogP contribution in [0.4, 0.5) is 5.69 Å². The summed E-state index contributed by atoms with van der Waals surface area (Å²) in [5.74, 6) is 0.583. The molecule has 2 saturated heterocycles. The van der Waals surface area contributed by atoms with Crippen molar-refractivity contribution in [1.82, 2.24) is 0 Å². The summed E-state index contributed by atoms with van der Waals surface area (Å²) in [4.78, 5) is 12.1. The number of ketones is 1. The number of carbonyl (C=O) groups is 1. The molecule has 0 aromatic heterocycles. The lowest BCUT2D eigenvalue weighted by Gasteiger charge is -2.21. The normalized spacial score (nSPS) is 27.0. The third-order valence-electron chi connectivity index (χ3n) is 4.44. The maximum Gasteiger partial charge on any atom is 0.162 e. The first kappa shape index (κ1) is 14.5. The number of hydrogen-bond acceptors (Lipinski definition) is 4. The lowest BCUT2D eigenvalue weighted by Crippen LogP contribution is -2.22. The van der Waals surface area contributed by atoms with Gasteiger partial charge in [-0.05, 0) is 36.5 Å². The summed E-state index contributed by atoms with van der Waals surface area (Å²) in [6.45, 7) is 4.87. The standard InChI is InChI=1S/C17H23NO3/c1-12(16-3-2-8-20-11-17(16)19)13-4-6-14(7-5-13)18-9-15-10-21-15/h4-7,12,15-16,18H,2-3,8-11H2,1H3. The van der Waals surface area contributed by atoms with E-state index < -0.39 is 0 Å². The van der Waals surface area contributed by atoms with Gasteiger partial charge in [-0.1, -0.05) is 19.1 Å². The van der Waals surface area contributed by atoms with Crippen LogP contribution in [-0.2, 0) is 14.3 Å². The van der Waals surface area contributed by atoms with E-state index in [9.17, 15) is 4.79 Å². The van der Waals surface area contributed by atoms with E-state index in [1.54, 1.807) is 0 Å². The molecule has 2 fully saturated rings. The maximum atomic E-state index is 12.1. The van der Waals surface area contributed by atoms with Gasteiger partial charge in [0.05, 0.1) is 12.7 Å². The molecule has 114 valence electrons. The highest BCUT2D eigenvalue weighted by Crippen LogP contribution is 2.30. The minimum atomic E-state index is 0.0890. The van der Waals surface area contributed by atoms with Gasteiger partial charge >= 0.3 is 0 Å². The summed E-state index contributed by atoms with van der Waals surface area (Å²) in [6.07, 6.45) is 2.29. The van der Waals surface area contributed by atoms with Crippen LogP contribution in [-0.4, -0.2) is 38.3 Å². The van der Waals surface area contributed by atoms with Crippen molar-refractivity contribution < 1.29 is 14.3 Å². The van der Waals surface area contributed by atoms with E-state index in [4.69, 9.17) is 9.47 Å². The quantitative estimate of drug-likeness (QED) is 0.847. The Kier molecular flexibility index (Phi) is 4.56. The van der Waals surface area contributed by atoms with Crippen LogP contribution in [0.2, 0.25) is 0 Å². The number of nitrogens with one attached hydrogen (secondary N) is 1. The van der Waals surface area contributed by atoms with Gasteiger partial charge in [0.15, 0.2) is 5.78 Å². The van der Waals surface area contributed by atoms with Gasteiger partial charge < -0.3 is 14.8 Å². The molecule has 0 aliphatic carbocycles. The monoisotopic (exact) mass is 289 g/mol. The van der Waals surface area contributed by atoms with Gasteiger partial charge in [-0.25, -0.2) is 0 Å². The Hall–Kier alpha value is -1.39. The molecule has 3 rings (SSSR count). The molecule has 1 aromatic carbocycles. The fourth-order valence-electron chi connectivity index (χ4n) is 2.93. The Morgan fingerprint density at radius 3 is 2.81 bits per heavy atom. The number of Topliss-reactive ketones (excluding diaryl/α,β-unsaturated/α-hetero) is 1. The van der Waals surface area contributed by atoms with Gasteiger partial charge in [-0.2, -0.15) is 0 Å². The zero-order chi connectivity index (χ0) is 14.7. The first-order valence-electron chi connectivity index (χ1n) is 7.80. The Morgan fingerprint density at radius 2 is 2.10 bits per heavy atom. The minimum Gasteiger partial charge on any atom is -0.382 e. The SMILES string of the molecule is CC(c1ccc(NCC2CO2)cc1)C1CCCOCC1=O. The number of epoxide rings is 1. The van der Waals surface area contributed by atoms with Gasteiger partial charge in [0.1, 0.15) is 6.61 Å². The van der Waals surface area contributed by atoms with E-state index in [2.05, 4.69) is 36.5 Å². The van der Waals surface area contributed by atoms with Gasteiger partial charge in [0, 0.05) is 24.8 Å². The molecule has 3 unspecified atom stereocenters. The molecule has 0 bridgehead atoms. The highest BCUT2D eigenvalue weighted by molar-refractivity contribution is 5.83. The van der Waals surface area contributed by atoms with Crippen LogP contribution < -0.4 is 5.32 Å². The molecular weight excluding hydrogens is 266 g/mol. The Bertz CT molecular complexity index is 481. The van der Waals surface area contributed by atoms with Crippen LogP contribution in [0.5, 0.6) is 0 Å². The zero-order valence-corrected chi connectivity index (χ0v) is 12.5. The van der Waals surface area contributed by atoms with Crippen molar-refractivity contribution in [3.8, 4) is 0 Å². The number of ether oxygens (including phenoxy) is 2. The van der Waals surface area contributed by atoms with Crippen molar-refractivity contribution in [3.63, 3.8) is 0 Å². The summed E-state index contributed by atoms with van der Waals surface area (Å²) < 4.78 is 10.5. The number of anilines is 1. The van der Waals surface area contributed by atoms with Crippen LogP contribution in [0.15, 0.2) is 24.3 Å². The molecule has 2 heterocycles. The Balaban J connectivity index is 1.62. The van der Waals surface area contributed by atoms with E-state index in [-0.39, 0.29) is 24.2 Å². The summed E-state index contributed by atoms with van der Waals surface area (Å²) in [5, 5.41) is 3.36. The predicted molar refractivity (Wildman–Crippen MR) is 81.6 cm³/mol. The number of rotatable bonds is 5. The third-order valence-corrected chi connectivity index (χ3v) is 4.44. The van der Waals surface area contributed by atoms with E-state index in [1.807, 2.05) is 0 Å². The number of carbonyl (C=O) groups excluding carboxylic acids is 1. The van der Waals surface area contributed by atoms with E-state index >= 15 is 0 Å².